The summed E-state index contributed by atoms with van der Waals surface area (Å²) in [7, 11) is 0. The Hall–Kier alpha value is -1.20. The van der Waals surface area contributed by atoms with Crippen LogP contribution in [0.15, 0.2) is 28.9 Å². The average molecular weight is 301 g/mol. The van der Waals surface area contributed by atoms with Crippen LogP contribution in [-0.4, -0.2) is 21.3 Å². The topological polar surface area (TPSA) is 47.8 Å². The van der Waals surface area contributed by atoms with Crippen LogP contribution < -0.4 is 0 Å². The minimum absolute atomic E-state index is 0.313. The number of aromatic nitrogens is 3. The number of benzene rings is 1. The molecule has 6 heteroatoms. The van der Waals surface area contributed by atoms with E-state index in [0.29, 0.717) is 23.5 Å². The molecule has 4 nitrogen and oxygen atoms in total. The van der Waals surface area contributed by atoms with Crippen molar-refractivity contribution >= 4 is 33.8 Å². The van der Waals surface area contributed by atoms with E-state index < -0.39 is 0 Å². The fourth-order valence-corrected chi connectivity index (χ4v) is 2.00. The van der Waals surface area contributed by atoms with Gasteiger partial charge in [0.25, 0.3) is 0 Å². The predicted octanol–water partition coefficient (Wildman–Crippen LogP) is 2.55. The monoisotopic (exact) mass is 299 g/mol. The van der Waals surface area contributed by atoms with Crippen LogP contribution in [0.1, 0.15) is 16.1 Å². The van der Waals surface area contributed by atoms with Crippen LogP contribution in [-0.2, 0) is 6.54 Å². The fourth-order valence-electron chi connectivity index (χ4n) is 1.27. The highest BCUT2D eigenvalue weighted by Gasteiger charge is 2.04. The van der Waals surface area contributed by atoms with E-state index in [4.69, 9.17) is 11.6 Å². The van der Waals surface area contributed by atoms with Crippen LogP contribution in [0.2, 0.25) is 5.02 Å². The van der Waals surface area contributed by atoms with Crippen LogP contribution in [0, 0.1) is 0 Å². The lowest BCUT2D eigenvalue weighted by molar-refractivity contribution is 0.111. The largest absolute Gasteiger partial charge is 0.296 e. The van der Waals surface area contributed by atoms with Crippen molar-refractivity contribution in [2.75, 3.05) is 0 Å². The summed E-state index contributed by atoms with van der Waals surface area (Å²) < 4.78 is 2.49. The molecule has 1 aromatic heterocycles. The molecule has 0 bridgehead atoms. The molecule has 0 aliphatic heterocycles. The highest BCUT2D eigenvalue weighted by molar-refractivity contribution is 9.10. The Morgan fingerprint density at radius 3 is 2.94 bits per heavy atom. The van der Waals surface area contributed by atoms with Gasteiger partial charge in [-0.1, -0.05) is 38.8 Å². The smallest absolute Gasteiger partial charge is 0.171 e. The highest BCUT2D eigenvalue weighted by Crippen LogP contribution is 2.21. The van der Waals surface area contributed by atoms with Crippen LogP contribution >= 0.6 is 27.5 Å². The summed E-state index contributed by atoms with van der Waals surface area (Å²) in [6.07, 6.45) is 2.23. The Morgan fingerprint density at radius 2 is 2.31 bits per heavy atom. The molecule has 0 atom stereocenters. The van der Waals surface area contributed by atoms with E-state index in [1.165, 1.54) is 0 Å². The van der Waals surface area contributed by atoms with Gasteiger partial charge in [-0.25, -0.2) is 4.68 Å². The zero-order valence-corrected chi connectivity index (χ0v) is 10.4. The Bertz CT molecular complexity index is 527. The first kappa shape index (κ1) is 11.3. The van der Waals surface area contributed by atoms with Gasteiger partial charge in [0.15, 0.2) is 6.29 Å². The van der Waals surface area contributed by atoms with E-state index >= 15 is 0 Å². The maximum atomic E-state index is 10.4. The molecule has 0 N–H and O–H groups in total. The van der Waals surface area contributed by atoms with Gasteiger partial charge < -0.3 is 0 Å². The van der Waals surface area contributed by atoms with Crippen LogP contribution in [0.25, 0.3) is 0 Å². The first-order valence-corrected chi connectivity index (χ1v) is 5.65. The summed E-state index contributed by atoms with van der Waals surface area (Å²) in [5, 5.41) is 8.13. The minimum atomic E-state index is 0.313. The fraction of sp³-hybridized carbons (Fsp3) is 0.100. The molecular weight excluding hydrogens is 293 g/mol. The second-order valence-corrected chi connectivity index (χ2v) is 4.52. The maximum Gasteiger partial charge on any atom is 0.171 e. The molecule has 2 rings (SSSR count). The van der Waals surface area contributed by atoms with E-state index in [-0.39, 0.29) is 0 Å². The van der Waals surface area contributed by atoms with Gasteiger partial charge in [-0.3, -0.25) is 4.79 Å². The van der Waals surface area contributed by atoms with E-state index in [2.05, 4.69) is 26.2 Å². The number of rotatable bonds is 3. The number of carbonyl (C=O) groups is 1. The number of aldehydes is 1. The van der Waals surface area contributed by atoms with E-state index in [1.807, 2.05) is 18.2 Å². The summed E-state index contributed by atoms with van der Waals surface area (Å²) >= 11 is 9.39. The Labute approximate surface area is 105 Å². The quantitative estimate of drug-likeness (QED) is 0.819. The normalized spacial score (nSPS) is 10.4. The molecule has 0 amide bonds. The molecule has 0 aliphatic rings. The first-order valence-electron chi connectivity index (χ1n) is 4.48. The maximum absolute atomic E-state index is 10.4. The lowest BCUT2D eigenvalue weighted by Crippen LogP contribution is -2.01. The van der Waals surface area contributed by atoms with Crippen molar-refractivity contribution in [1.29, 1.82) is 0 Å². The molecule has 0 saturated heterocycles. The summed E-state index contributed by atoms with van der Waals surface area (Å²) in [4.78, 5) is 10.4. The van der Waals surface area contributed by atoms with E-state index in [1.54, 1.807) is 10.9 Å². The van der Waals surface area contributed by atoms with Crippen molar-refractivity contribution in [2.45, 2.75) is 6.54 Å². The Morgan fingerprint density at radius 1 is 1.50 bits per heavy atom. The SMILES string of the molecule is O=Cc1cn(Cc2ccc(Br)cc2Cl)nn1. The molecule has 0 radical (unpaired) electrons. The predicted molar refractivity (Wildman–Crippen MR) is 63.7 cm³/mol. The van der Waals surface area contributed by atoms with Gasteiger partial charge in [-0.05, 0) is 17.7 Å². The molecule has 1 heterocycles. The van der Waals surface area contributed by atoms with E-state index in [9.17, 15) is 4.79 Å². The Kier molecular flexibility index (Phi) is 3.36. The van der Waals surface area contributed by atoms with Gasteiger partial charge in [0.05, 0.1) is 12.7 Å². The zero-order valence-electron chi connectivity index (χ0n) is 8.10. The lowest BCUT2D eigenvalue weighted by Gasteiger charge is -2.03. The summed E-state index contributed by atoms with van der Waals surface area (Å²) in [5.74, 6) is 0. The molecule has 0 saturated carbocycles. The zero-order chi connectivity index (χ0) is 11.5. The molecule has 1 aromatic carbocycles. The molecule has 0 fully saturated rings. The summed E-state index contributed by atoms with van der Waals surface area (Å²) in [6, 6.07) is 5.61. The molecule has 0 spiro atoms. The number of carbonyl (C=O) groups excluding carboxylic acids is 1. The van der Waals surface area contributed by atoms with Crippen molar-refractivity contribution in [3.8, 4) is 0 Å². The van der Waals surface area contributed by atoms with Gasteiger partial charge in [-0.15, -0.1) is 5.10 Å². The number of hydrogen-bond acceptors (Lipinski definition) is 3. The Balaban J connectivity index is 2.23. The molecule has 16 heavy (non-hydrogen) atoms. The van der Waals surface area contributed by atoms with Crippen molar-refractivity contribution < 1.29 is 4.79 Å². The van der Waals surface area contributed by atoms with Gasteiger partial charge in [0, 0.05) is 9.50 Å². The van der Waals surface area contributed by atoms with Gasteiger partial charge in [0.1, 0.15) is 5.69 Å². The van der Waals surface area contributed by atoms with Crippen LogP contribution in [0.5, 0.6) is 0 Å². The van der Waals surface area contributed by atoms with Crippen molar-refractivity contribution in [3.63, 3.8) is 0 Å². The van der Waals surface area contributed by atoms with Gasteiger partial charge in [0.2, 0.25) is 0 Å². The molecule has 0 unspecified atom stereocenters. The summed E-state index contributed by atoms with van der Waals surface area (Å²) in [6.45, 7) is 0.493. The summed E-state index contributed by atoms with van der Waals surface area (Å²) in [5.41, 5.74) is 1.24. The third-order valence-corrected chi connectivity index (χ3v) is 2.87. The number of nitrogens with zero attached hydrogens (tertiary/aromatic N) is 3. The van der Waals surface area contributed by atoms with Crippen molar-refractivity contribution in [2.24, 2.45) is 0 Å². The molecule has 82 valence electrons. The molecule has 0 aliphatic carbocycles. The second kappa shape index (κ2) is 4.76. The number of hydrogen-bond donors (Lipinski definition) is 0. The first-order chi connectivity index (χ1) is 7.69. The van der Waals surface area contributed by atoms with Crippen LogP contribution in [0.3, 0.4) is 0 Å². The van der Waals surface area contributed by atoms with Crippen molar-refractivity contribution in [1.82, 2.24) is 15.0 Å². The lowest BCUT2D eigenvalue weighted by atomic mass is 10.2. The van der Waals surface area contributed by atoms with Crippen LogP contribution in [0.4, 0.5) is 0 Å². The standard InChI is InChI=1S/C10H7BrClN3O/c11-8-2-1-7(10(12)3-8)4-15-5-9(6-16)13-14-15/h1-3,5-6H,4H2. The van der Waals surface area contributed by atoms with Gasteiger partial charge in [-0.2, -0.15) is 0 Å². The third kappa shape index (κ3) is 2.48. The highest BCUT2D eigenvalue weighted by atomic mass is 79.9. The second-order valence-electron chi connectivity index (χ2n) is 3.19. The minimum Gasteiger partial charge on any atom is -0.296 e. The average Bonchev–Trinajstić information content (AvgIpc) is 2.70. The number of halogens is 2. The molecular formula is C10H7BrClN3O. The van der Waals surface area contributed by atoms with Crippen molar-refractivity contribution in [3.05, 3.63) is 45.1 Å². The van der Waals surface area contributed by atoms with Gasteiger partial charge >= 0.3 is 0 Å². The van der Waals surface area contributed by atoms with E-state index in [0.717, 1.165) is 10.0 Å². The molecule has 2 aromatic rings. The third-order valence-electron chi connectivity index (χ3n) is 2.02.